The predicted octanol–water partition coefficient (Wildman–Crippen LogP) is 3.32. The number of nitrogens with zero attached hydrogens (tertiary/aromatic N) is 3. The number of carbonyl (C=O) groups excluding carboxylic acids is 1. The Morgan fingerprint density at radius 2 is 1.94 bits per heavy atom. The molecular formula is C26H29F2N5O2. The molecule has 1 unspecified atom stereocenters. The van der Waals surface area contributed by atoms with E-state index in [1.165, 1.54) is 19.2 Å². The van der Waals surface area contributed by atoms with Gasteiger partial charge in [0.1, 0.15) is 6.04 Å². The Bertz CT molecular complexity index is 1290. The van der Waals surface area contributed by atoms with Gasteiger partial charge in [0.05, 0.1) is 28.9 Å². The van der Waals surface area contributed by atoms with Crippen molar-refractivity contribution in [2.75, 3.05) is 25.5 Å². The van der Waals surface area contributed by atoms with E-state index in [2.05, 4.69) is 28.7 Å². The van der Waals surface area contributed by atoms with Crippen LogP contribution in [0.15, 0.2) is 35.3 Å². The lowest BCUT2D eigenvalue weighted by atomic mass is 9.98. The van der Waals surface area contributed by atoms with E-state index in [1.54, 1.807) is 12.1 Å². The molecule has 1 aromatic heterocycles. The first kappa shape index (κ1) is 23.5. The fraction of sp³-hybridized carbons (Fsp3) is 0.500. The van der Waals surface area contributed by atoms with E-state index in [1.807, 2.05) is 19.9 Å². The number of hydrogen-bond acceptors (Lipinski definition) is 5. The van der Waals surface area contributed by atoms with Crippen molar-refractivity contribution in [1.29, 1.82) is 5.26 Å². The molecule has 9 heteroatoms. The summed E-state index contributed by atoms with van der Waals surface area (Å²) < 4.78 is 29.3. The summed E-state index contributed by atoms with van der Waals surface area (Å²) in [6, 6.07) is 7.21. The third-order valence-corrected chi connectivity index (χ3v) is 8.00. The number of nitrogens with one attached hydrogen (secondary N) is 2. The molecule has 3 aliphatic rings. The van der Waals surface area contributed by atoms with Gasteiger partial charge >= 0.3 is 0 Å². The van der Waals surface area contributed by atoms with Gasteiger partial charge in [-0.1, -0.05) is 19.1 Å². The Balaban J connectivity index is 1.45. The van der Waals surface area contributed by atoms with E-state index in [0.717, 1.165) is 28.8 Å². The highest BCUT2D eigenvalue weighted by Gasteiger charge is 2.67. The number of rotatable bonds is 6. The van der Waals surface area contributed by atoms with Crippen LogP contribution in [0.1, 0.15) is 53.0 Å². The number of aromatic nitrogens is 1. The number of halogens is 2. The van der Waals surface area contributed by atoms with Crippen molar-refractivity contribution < 1.29 is 13.6 Å². The standard InChI is InChI=1S/C26H29F2N5O2/c1-13-16(9-29)6-5-7-17(13)15(3)30-25(35)20-12-33(24-14(2)26(24,27)28)22(34)8-21(20)31-23-18-10-32(4)11-19(18)23/h5-8,12,14-15,18-19,23-24,31H,10-11H2,1-4H3,(H,30,35)/t14-,15-,18-,19+,23?,24-/m1/s1. The lowest BCUT2D eigenvalue weighted by molar-refractivity contribution is 0.0868. The molecule has 7 nitrogen and oxygen atoms in total. The molecule has 0 bridgehead atoms. The second-order valence-corrected chi connectivity index (χ2v) is 10.3. The molecule has 2 aromatic rings. The number of piperidine rings is 1. The Kier molecular flexibility index (Phi) is 5.48. The number of pyridine rings is 1. The molecule has 6 atom stereocenters. The highest BCUT2D eigenvalue weighted by molar-refractivity contribution is 5.99. The summed E-state index contributed by atoms with van der Waals surface area (Å²) in [6.07, 6.45) is 1.28. The van der Waals surface area contributed by atoms with Crippen molar-refractivity contribution in [1.82, 2.24) is 14.8 Å². The molecule has 5 rings (SSSR count). The molecule has 1 aromatic carbocycles. The van der Waals surface area contributed by atoms with Crippen LogP contribution in [-0.2, 0) is 0 Å². The normalized spacial score (nSPS) is 29.1. The van der Waals surface area contributed by atoms with Gasteiger partial charge in [0.25, 0.3) is 17.4 Å². The monoisotopic (exact) mass is 481 g/mol. The van der Waals surface area contributed by atoms with Crippen molar-refractivity contribution in [2.24, 2.45) is 17.8 Å². The zero-order chi connectivity index (χ0) is 25.2. The number of fused-ring (bicyclic) bond motifs is 1. The van der Waals surface area contributed by atoms with Crippen molar-refractivity contribution in [2.45, 2.75) is 44.8 Å². The fourth-order valence-electron chi connectivity index (χ4n) is 5.68. The van der Waals surface area contributed by atoms with Crippen molar-refractivity contribution in [3.8, 4) is 6.07 Å². The second-order valence-electron chi connectivity index (χ2n) is 10.3. The average molecular weight is 482 g/mol. The lowest BCUT2D eigenvalue weighted by Crippen LogP contribution is -2.32. The predicted molar refractivity (Wildman–Crippen MR) is 128 cm³/mol. The van der Waals surface area contributed by atoms with E-state index < -0.39 is 35.4 Å². The zero-order valence-electron chi connectivity index (χ0n) is 20.2. The van der Waals surface area contributed by atoms with E-state index in [9.17, 15) is 23.6 Å². The van der Waals surface area contributed by atoms with E-state index in [-0.39, 0.29) is 11.6 Å². The third kappa shape index (κ3) is 3.90. The Morgan fingerprint density at radius 3 is 2.54 bits per heavy atom. The molecule has 2 heterocycles. The average Bonchev–Trinajstić information content (AvgIpc) is 3.48. The summed E-state index contributed by atoms with van der Waals surface area (Å²) in [6.45, 7) is 6.92. The van der Waals surface area contributed by atoms with Gasteiger partial charge in [-0.05, 0) is 49.9 Å². The molecule has 1 amide bonds. The molecular weight excluding hydrogens is 452 g/mol. The van der Waals surface area contributed by atoms with E-state index >= 15 is 0 Å². The Morgan fingerprint density at radius 1 is 1.29 bits per heavy atom. The summed E-state index contributed by atoms with van der Waals surface area (Å²) in [5.41, 5.74) is 2.08. The van der Waals surface area contributed by atoms with Crippen LogP contribution in [0.25, 0.3) is 0 Å². The molecule has 2 saturated carbocycles. The zero-order valence-corrected chi connectivity index (χ0v) is 20.2. The number of nitriles is 1. The van der Waals surface area contributed by atoms with Crippen LogP contribution in [0.3, 0.4) is 0 Å². The fourth-order valence-corrected chi connectivity index (χ4v) is 5.68. The van der Waals surface area contributed by atoms with E-state index in [4.69, 9.17) is 0 Å². The first-order valence-electron chi connectivity index (χ1n) is 11.9. The second kappa shape index (κ2) is 8.16. The van der Waals surface area contributed by atoms with E-state index in [0.29, 0.717) is 23.1 Å². The molecule has 184 valence electrons. The molecule has 1 saturated heterocycles. The van der Waals surface area contributed by atoms with Crippen LogP contribution in [-0.4, -0.2) is 47.5 Å². The topological polar surface area (TPSA) is 90.2 Å². The number of hydrogen-bond donors (Lipinski definition) is 2. The summed E-state index contributed by atoms with van der Waals surface area (Å²) in [5.74, 6) is -3.52. The first-order valence-corrected chi connectivity index (χ1v) is 11.9. The van der Waals surface area contributed by atoms with Crippen molar-refractivity contribution in [3.63, 3.8) is 0 Å². The molecule has 2 N–H and O–H groups in total. The number of carbonyl (C=O) groups is 1. The van der Waals surface area contributed by atoms with Gasteiger partial charge in [-0.3, -0.25) is 9.59 Å². The van der Waals surface area contributed by atoms with Gasteiger partial charge in [-0.15, -0.1) is 0 Å². The van der Waals surface area contributed by atoms with Gasteiger partial charge in [0.15, 0.2) is 0 Å². The first-order chi connectivity index (χ1) is 16.5. The molecule has 1 aliphatic heterocycles. The van der Waals surface area contributed by atoms with Crippen LogP contribution in [0.2, 0.25) is 0 Å². The molecule has 35 heavy (non-hydrogen) atoms. The van der Waals surface area contributed by atoms with Crippen molar-refractivity contribution in [3.05, 3.63) is 63.1 Å². The Labute approximate surface area is 202 Å². The lowest BCUT2D eigenvalue weighted by Gasteiger charge is -2.21. The minimum absolute atomic E-state index is 0.154. The smallest absolute Gasteiger partial charge is 0.273 e. The minimum Gasteiger partial charge on any atom is -0.381 e. The Hall–Kier alpha value is -3.25. The maximum absolute atomic E-state index is 14.1. The third-order valence-electron chi connectivity index (χ3n) is 8.00. The highest BCUT2D eigenvalue weighted by Crippen LogP contribution is 2.58. The summed E-state index contributed by atoms with van der Waals surface area (Å²) in [5, 5.41) is 15.6. The largest absolute Gasteiger partial charge is 0.381 e. The van der Waals surface area contributed by atoms with Crippen LogP contribution in [0, 0.1) is 36.0 Å². The molecule has 2 aliphatic carbocycles. The van der Waals surface area contributed by atoms with Gasteiger partial charge in [-0.2, -0.15) is 5.26 Å². The number of anilines is 1. The number of amides is 1. The van der Waals surface area contributed by atoms with Crippen LogP contribution in [0.5, 0.6) is 0 Å². The maximum atomic E-state index is 14.1. The van der Waals surface area contributed by atoms with Gasteiger partial charge in [0.2, 0.25) is 0 Å². The quantitative estimate of drug-likeness (QED) is 0.661. The van der Waals surface area contributed by atoms with Gasteiger partial charge in [0, 0.05) is 37.3 Å². The van der Waals surface area contributed by atoms with Crippen LogP contribution in [0.4, 0.5) is 14.5 Å². The highest BCUT2D eigenvalue weighted by atomic mass is 19.3. The number of benzene rings is 1. The van der Waals surface area contributed by atoms with Gasteiger partial charge in [-0.25, -0.2) is 8.78 Å². The molecule has 3 fully saturated rings. The summed E-state index contributed by atoms with van der Waals surface area (Å²) in [4.78, 5) is 28.5. The van der Waals surface area contributed by atoms with Crippen LogP contribution >= 0.6 is 0 Å². The summed E-state index contributed by atoms with van der Waals surface area (Å²) in [7, 11) is 2.06. The number of alkyl halides is 2. The minimum atomic E-state index is -2.98. The summed E-state index contributed by atoms with van der Waals surface area (Å²) >= 11 is 0. The van der Waals surface area contributed by atoms with Gasteiger partial charge < -0.3 is 20.1 Å². The molecule has 0 radical (unpaired) electrons. The van der Waals surface area contributed by atoms with Crippen LogP contribution < -0.4 is 16.2 Å². The SMILES string of the molecule is Cc1c(C#N)cccc1[C@@H](C)NC(=O)c1cn([C@@H]2[C@@H](C)C2(F)F)c(=O)cc1NC1[C@H]2CN(C)C[C@@H]12. The maximum Gasteiger partial charge on any atom is 0.273 e. The van der Waals surface area contributed by atoms with Crippen molar-refractivity contribution >= 4 is 11.6 Å². The number of likely N-dealkylation sites (tertiary alicyclic amines) is 1. The molecule has 0 spiro atoms.